The molecular weight excluding hydrogens is 406 g/mol. The largest absolute Gasteiger partial charge is 0.497 e. The van der Waals surface area contributed by atoms with Gasteiger partial charge < -0.3 is 13.9 Å². The molecule has 4 rings (SSSR count). The summed E-state index contributed by atoms with van der Waals surface area (Å²) in [4.78, 5) is 4.72. The zero-order valence-electron chi connectivity index (χ0n) is 16.2. The highest BCUT2D eigenvalue weighted by molar-refractivity contribution is 7.98. The summed E-state index contributed by atoms with van der Waals surface area (Å²) in [6, 6.07) is 13.7. The van der Waals surface area contributed by atoms with Crippen LogP contribution in [0.4, 0.5) is 0 Å². The van der Waals surface area contributed by atoms with E-state index in [0.717, 1.165) is 33.3 Å². The Kier molecular flexibility index (Phi) is 5.82. The van der Waals surface area contributed by atoms with Gasteiger partial charge in [0.2, 0.25) is 5.89 Å². The normalized spacial score (nSPS) is 10.9. The Morgan fingerprint density at radius 1 is 1.03 bits per heavy atom. The minimum absolute atomic E-state index is 0.523. The Labute approximate surface area is 176 Å². The summed E-state index contributed by atoms with van der Waals surface area (Å²) in [6.45, 7) is 2.04. The smallest absolute Gasteiger partial charge is 0.277 e. The summed E-state index contributed by atoms with van der Waals surface area (Å²) in [5.74, 6) is 2.65. The molecule has 2 aromatic heterocycles. The monoisotopic (exact) mass is 425 g/mol. The number of benzene rings is 2. The van der Waals surface area contributed by atoms with Gasteiger partial charge in [0.1, 0.15) is 16.5 Å². The first kappa shape index (κ1) is 19.5. The van der Waals surface area contributed by atoms with E-state index in [2.05, 4.69) is 10.2 Å². The fraction of sp³-hybridized carbons (Fsp3) is 0.190. The molecule has 0 radical (unpaired) electrons. The van der Waals surface area contributed by atoms with E-state index >= 15 is 0 Å². The van der Waals surface area contributed by atoms with Crippen LogP contribution in [0.15, 0.2) is 57.5 Å². The molecule has 0 aliphatic heterocycles. The van der Waals surface area contributed by atoms with Crippen molar-refractivity contribution in [2.75, 3.05) is 14.2 Å². The summed E-state index contributed by atoms with van der Waals surface area (Å²) in [7, 11) is 3.28. The van der Waals surface area contributed by atoms with Crippen molar-refractivity contribution in [3.63, 3.8) is 0 Å². The van der Waals surface area contributed by atoms with Crippen molar-refractivity contribution in [1.29, 1.82) is 0 Å². The number of methoxy groups -OCH3 is 2. The Hall–Kier alpha value is -2.84. The zero-order chi connectivity index (χ0) is 20.2. The fourth-order valence-electron chi connectivity index (χ4n) is 2.69. The van der Waals surface area contributed by atoms with E-state index in [4.69, 9.17) is 18.9 Å². The first-order valence-electron chi connectivity index (χ1n) is 8.86. The number of aryl methyl sites for hydroxylation is 1. The fourth-order valence-corrected chi connectivity index (χ4v) is 4.30. The van der Waals surface area contributed by atoms with Crippen molar-refractivity contribution in [3.8, 4) is 33.5 Å². The molecule has 0 saturated heterocycles. The van der Waals surface area contributed by atoms with Gasteiger partial charge in [-0.3, -0.25) is 0 Å². The molecule has 0 bridgehead atoms. The number of nitrogens with zero attached hydrogens (tertiary/aromatic N) is 3. The molecule has 0 N–H and O–H groups in total. The lowest BCUT2D eigenvalue weighted by Gasteiger charge is -2.08. The van der Waals surface area contributed by atoms with E-state index in [-0.39, 0.29) is 0 Å². The predicted octanol–water partition coefficient (Wildman–Crippen LogP) is 5.48. The van der Waals surface area contributed by atoms with Crippen LogP contribution >= 0.6 is 23.1 Å². The average Bonchev–Trinajstić information content (AvgIpc) is 3.42. The van der Waals surface area contributed by atoms with Gasteiger partial charge in [-0.15, -0.1) is 21.5 Å². The minimum atomic E-state index is 0.523. The number of ether oxygens (including phenoxy) is 2. The third kappa shape index (κ3) is 4.44. The van der Waals surface area contributed by atoms with Gasteiger partial charge in [-0.1, -0.05) is 29.5 Å². The SMILES string of the molecule is COc1ccc(-c2nc(CSc3nnc(-c4ccc(C)cc4)o3)cs2)c(OC)c1. The highest BCUT2D eigenvalue weighted by Crippen LogP contribution is 2.36. The summed E-state index contributed by atoms with van der Waals surface area (Å²) < 4.78 is 16.5. The third-order valence-corrected chi connectivity index (χ3v) is 6.02. The van der Waals surface area contributed by atoms with Crippen molar-refractivity contribution in [2.45, 2.75) is 17.9 Å². The van der Waals surface area contributed by atoms with E-state index in [1.165, 1.54) is 17.3 Å². The zero-order valence-corrected chi connectivity index (χ0v) is 17.8. The quantitative estimate of drug-likeness (QED) is 0.363. The summed E-state index contributed by atoms with van der Waals surface area (Å²) in [5, 5.41) is 11.7. The summed E-state index contributed by atoms with van der Waals surface area (Å²) in [5.41, 5.74) is 3.99. The topological polar surface area (TPSA) is 70.3 Å². The van der Waals surface area contributed by atoms with Crippen LogP contribution in [0.1, 0.15) is 11.3 Å². The molecule has 0 saturated carbocycles. The lowest BCUT2D eigenvalue weighted by Crippen LogP contribution is -1.90. The predicted molar refractivity (Wildman–Crippen MR) is 115 cm³/mol. The molecule has 2 heterocycles. The second-order valence-electron chi connectivity index (χ2n) is 6.24. The molecule has 148 valence electrons. The molecule has 0 aliphatic carbocycles. The van der Waals surface area contributed by atoms with Crippen LogP contribution in [0, 0.1) is 6.92 Å². The van der Waals surface area contributed by atoms with Crippen LogP contribution in [0.25, 0.3) is 22.0 Å². The lowest BCUT2D eigenvalue weighted by molar-refractivity contribution is 0.395. The molecule has 0 fully saturated rings. The third-order valence-electron chi connectivity index (χ3n) is 4.24. The van der Waals surface area contributed by atoms with E-state index in [1.807, 2.05) is 54.8 Å². The molecule has 4 aromatic rings. The molecule has 2 aromatic carbocycles. The van der Waals surface area contributed by atoms with Gasteiger partial charge in [-0.05, 0) is 31.2 Å². The Bertz CT molecular complexity index is 1110. The number of rotatable bonds is 7. The van der Waals surface area contributed by atoms with Gasteiger partial charge in [0.15, 0.2) is 0 Å². The van der Waals surface area contributed by atoms with Gasteiger partial charge in [0.25, 0.3) is 5.22 Å². The molecular formula is C21H19N3O3S2. The second-order valence-corrected chi connectivity index (χ2v) is 8.02. The minimum Gasteiger partial charge on any atom is -0.497 e. The summed E-state index contributed by atoms with van der Waals surface area (Å²) in [6.07, 6.45) is 0. The van der Waals surface area contributed by atoms with Gasteiger partial charge in [0.05, 0.1) is 25.5 Å². The maximum absolute atomic E-state index is 5.77. The highest BCUT2D eigenvalue weighted by atomic mass is 32.2. The van der Waals surface area contributed by atoms with Crippen LogP contribution in [-0.4, -0.2) is 29.4 Å². The molecule has 0 spiro atoms. The first-order chi connectivity index (χ1) is 14.2. The molecule has 8 heteroatoms. The van der Waals surface area contributed by atoms with Crippen molar-refractivity contribution >= 4 is 23.1 Å². The number of thioether (sulfide) groups is 1. The van der Waals surface area contributed by atoms with Crippen molar-refractivity contribution < 1.29 is 13.9 Å². The van der Waals surface area contributed by atoms with Crippen LogP contribution in [0.5, 0.6) is 11.5 Å². The van der Waals surface area contributed by atoms with Gasteiger partial charge in [0, 0.05) is 22.8 Å². The molecule has 0 unspecified atom stereocenters. The second kappa shape index (κ2) is 8.67. The van der Waals surface area contributed by atoms with Gasteiger partial charge >= 0.3 is 0 Å². The van der Waals surface area contributed by atoms with E-state index < -0.39 is 0 Å². The number of hydrogen-bond donors (Lipinski definition) is 0. The van der Waals surface area contributed by atoms with E-state index in [9.17, 15) is 0 Å². The summed E-state index contributed by atoms with van der Waals surface area (Å²) >= 11 is 3.04. The number of aromatic nitrogens is 3. The van der Waals surface area contributed by atoms with Crippen molar-refractivity contribution in [1.82, 2.24) is 15.2 Å². The van der Waals surface area contributed by atoms with E-state index in [1.54, 1.807) is 25.6 Å². The molecule has 6 nitrogen and oxygen atoms in total. The molecule has 0 amide bonds. The lowest BCUT2D eigenvalue weighted by atomic mass is 10.1. The Balaban J connectivity index is 1.45. The Morgan fingerprint density at radius 2 is 1.86 bits per heavy atom. The van der Waals surface area contributed by atoms with E-state index in [0.29, 0.717) is 16.9 Å². The van der Waals surface area contributed by atoms with Crippen LogP contribution in [-0.2, 0) is 5.75 Å². The molecule has 0 atom stereocenters. The van der Waals surface area contributed by atoms with Crippen molar-refractivity contribution in [2.24, 2.45) is 0 Å². The molecule has 0 aliphatic rings. The maximum Gasteiger partial charge on any atom is 0.277 e. The van der Waals surface area contributed by atoms with Crippen LogP contribution in [0.3, 0.4) is 0 Å². The average molecular weight is 426 g/mol. The van der Waals surface area contributed by atoms with Gasteiger partial charge in [-0.2, -0.15) is 0 Å². The Morgan fingerprint density at radius 3 is 2.62 bits per heavy atom. The number of hydrogen-bond acceptors (Lipinski definition) is 8. The van der Waals surface area contributed by atoms with Crippen molar-refractivity contribution in [3.05, 3.63) is 59.1 Å². The first-order valence-corrected chi connectivity index (χ1v) is 10.7. The number of thiazole rings is 1. The maximum atomic E-state index is 5.77. The van der Waals surface area contributed by atoms with Gasteiger partial charge in [-0.25, -0.2) is 4.98 Å². The van der Waals surface area contributed by atoms with Crippen LogP contribution in [0.2, 0.25) is 0 Å². The van der Waals surface area contributed by atoms with Crippen LogP contribution < -0.4 is 9.47 Å². The highest BCUT2D eigenvalue weighted by Gasteiger charge is 2.14. The standard InChI is InChI=1S/C21H19N3O3S2/c1-13-4-6-14(7-5-13)19-23-24-21(27-19)29-12-15-11-28-20(22-15)17-9-8-16(25-2)10-18(17)26-3/h4-11H,12H2,1-3H3. The molecule has 29 heavy (non-hydrogen) atoms.